The van der Waals surface area contributed by atoms with E-state index in [2.05, 4.69) is 30.6 Å². The molecule has 0 atom stereocenters. The number of carbonyl (C=O) groups excluding carboxylic acids is 1. The highest BCUT2D eigenvalue weighted by molar-refractivity contribution is 6.05. The molecular formula is C28H22F3N7O. The Kier molecular flexibility index (Phi) is 3.92. The summed E-state index contributed by atoms with van der Waals surface area (Å²) < 4.78 is 139. The number of benzene rings is 2. The van der Waals surface area contributed by atoms with Gasteiger partial charge in [-0.15, -0.1) is 0 Å². The lowest BCUT2D eigenvalue weighted by Crippen LogP contribution is -2.14. The van der Waals surface area contributed by atoms with Crippen LogP contribution in [0.2, 0.25) is 0 Å². The number of nitrogens with zero attached hydrogens (tertiary/aromatic N) is 5. The van der Waals surface area contributed by atoms with E-state index < -0.39 is 108 Å². The quantitative estimate of drug-likeness (QED) is 0.260. The van der Waals surface area contributed by atoms with Crippen LogP contribution in [0.4, 0.5) is 30.5 Å². The molecule has 5 rings (SSSR count). The third-order valence-electron chi connectivity index (χ3n) is 5.10. The first-order valence-corrected chi connectivity index (χ1v) is 10.9. The fourth-order valence-corrected chi connectivity index (χ4v) is 3.25. The zero-order valence-corrected chi connectivity index (χ0v) is 19.7. The second-order valence-corrected chi connectivity index (χ2v) is 7.84. The molecule has 0 aliphatic carbocycles. The van der Waals surface area contributed by atoms with E-state index in [-0.39, 0.29) is 17.2 Å². The van der Waals surface area contributed by atoms with Gasteiger partial charge in [-0.25, -0.2) is 15.0 Å². The predicted octanol–water partition coefficient (Wildman–Crippen LogP) is 6.36. The predicted molar refractivity (Wildman–Crippen MR) is 141 cm³/mol. The van der Waals surface area contributed by atoms with E-state index in [1.807, 2.05) is 0 Å². The van der Waals surface area contributed by atoms with Gasteiger partial charge in [-0.2, -0.15) is 13.2 Å². The fourth-order valence-electron chi connectivity index (χ4n) is 3.25. The molecule has 0 bridgehead atoms. The lowest BCUT2D eigenvalue weighted by atomic mass is 10.1. The van der Waals surface area contributed by atoms with E-state index in [0.29, 0.717) is 5.56 Å². The van der Waals surface area contributed by atoms with Crippen LogP contribution < -0.4 is 10.6 Å². The molecule has 0 spiro atoms. The van der Waals surface area contributed by atoms with Gasteiger partial charge in [0, 0.05) is 57.0 Å². The summed E-state index contributed by atoms with van der Waals surface area (Å²) in [4.78, 5) is 28.6. The second-order valence-electron chi connectivity index (χ2n) is 7.84. The summed E-state index contributed by atoms with van der Waals surface area (Å²) in [5.41, 5.74) is -4.55. The maximum Gasteiger partial charge on any atom is 0.416 e. The van der Waals surface area contributed by atoms with Gasteiger partial charge in [-0.1, -0.05) is 6.07 Å². The highest BCUT2D eigenvalue weighted by Gasteiger charge is 2.31. The van der Waals surface area contributed by atoms with Crippen molar-refractivity contribution in [2.24, 2.45) is 0 Å². The first kappa shape index (κ1) is 14.8. The number of aromatic nitrogens is 5. The Balaban J connectivity index is 1.55. The Morgan fingerprint density at radius 2 is 2.00 bits per heavy atom. The monoisotopic (exact) mass is 541 g/mol. The number of nitrogens with one attached hydrogen (secondary N) is 2. The molecule has 0 fully saturated rings. The van der Waals surface area contributed by atoms with Gasteiger partial charge in [-0.3, -0.25) is 9.78 Å². The highest BCUT2D eigenvalue weighted by atomic mass is 19.4. The maximum atomic E-state index is 14.1. The third kappa shape index (κ3) is 5.93. The molecule has 11 heteroatoms. The second kappa shape index (κ2) is 10.4. The molecule has 3 heterocycles. The Bertz CT molecular complexity index is 2240. The van der Waals surface area contributed by atoms with Crippen molar-refractivity contribution >= 4 is 23.2 Å². The molecule has 39 heavy (non-hydrogen) atoms. The molecule has 8 nitrogen and oxygen atoms in total. The van der Waals surface area contributed by atoms with Crippen LogP contribution in [0, 0.1) is 13.8 Å². The minimum Gasteiger partial charge on any atom is -0.324 e. The standard InChI is InChI=1S/C28H22F3N7O/c1-17-5-6-19(10-25(17)37-27-33-9-7-24(36-27)20-4-3-8-32-14-20)26(39)35-22-11-21(28(29,30)31)12-23(13-22)38-15-18(2)34-16-38/h3-16H,1-2H3,(H,35,39)(H,33,36,37)/i2D3,3D,4D,7D,8D,9D,11D,12D,13D,14D. The van der Waals surface area contributed by atoms with E-state index in [1.54, 1.807) is 6.92 Å². The first-order chi connectivity index (χ1) is 23.6. The van der Waals surface area contributed by atoms with Crippen LogP contribution in [0.1, 0.15) is 43.6 Å². The average Bonchev–Trinajstić information content (AvgIpc) is 3.51. The molecule has 196 valence electrons. The number of pyridine rings is 1. The molecule has 2 N–H and O–H groups in total. The van der Waals surface area contributed by atoms with E-state index in [9.17, 15) is 18.0 Å². The molecule has 0 aliphatic rings. The van der Waals surface area contributed by atoms with E-state index >= 15 is 0 Å². The first-order valence-electron chi connectivity index (χ1n) is 16.9. The normalized spacial score (nSPS) is 16.0. The lowest BCUT2D eigenvalue weighted by Gasteiger charge is -2.14. The summed E-state index contributed by atoms with van der Waals surface area (Å²) >= 11 is 0. The van der Waals surface area contributed by atoms with Crippen LogP contribution in [0.5, 0.6) is 0 Å². The van der Waals surface area contributed by atoms with E-state index in [4.69, 9.17) is 16.4 Å². The fraction of sp³-hybridized carbons (Fsp3) is 0.107. The molecule has 5 aromatic rings. The van der Waals surface area contributed by atoms with Crippen LogP contribution in [-0.4, -0.2) is 30.4 Å². The van der Waals surface area contributed by atoms with Crippen LogP contribution in [-0.2, 0) is 6.18 Å². The van der Waals surface area contributed by atoms with Gasteiger partial charge in [0.2, 0.25) is 5.95 Å². The van der Waals surface area contributed by atoms with Crippen LogP contribution in [0.15, 0.2) is 85.5 Å². The smallest absolute Gasteiger partial charge is 0.324 e. The average molecular weight is 542 g/mol. The van der Waals surface area contributed by atoms with Crippen molar-refractivity contribution in [2.75, 3.05) is 10.6 Å². The molecule has 2 aromatic carbocycles. The number of aryl methyl sites for hydroxylation is 2. The summed E-state index contributed by atoms with van der Waals surface area (Å²) in [6.45, 7) is -1.19. The number of halogens is 3. The number of hydrogen-bond acceptors (Lipinski definition) is 6. The number of rotatable bonds is 6. The van der Waals surface area contributed by atoms with E-state index in [1.165, 1.54) is 18.2 Å². The van der Waals surface area contributed by atoms with Gasteiger partial charge >= 0.3 is 6.18 Å². The Hall–Kier alpha value is -5.06. The molecule has 1 amide bonds. The largest absolute Gasteiger partial charge is 0.416 e. The molecular weight excluding hydrogens is 507 g/mol. The van der Waals surface area contributed by atoms with Gasteiger partial charge in [0.25, 0.3) is 5.91 Å². The van der Waals surface area contributed by atoms with E-state index in [0.717, 1.165) is 17.1 Å². The SMILES string of the molecule is [2H]c1nc(Nc2cc(C(=O)Nc3c([2H])c(-n4cnc(C([2H])([2H])[2H])c4)c([2H])c(C(F)(F)F)c3[2H])ccc2C)nc(-c2c([2H])nc([2H])c([2H])c2[2H])c1[2H]. The molecule has 0 saturated carbocycles. The number of carbonyl (C=O) groups is 1. The summed E-state index contributed by atoms with van der Waals surface area (Å²) in [6, 6.07) is -1.61. The molecule has 0 saturated heterocycles. The number of hydrogen-bond donors (Lipinski definition) is 2. The molecule has 0 aliphatic heterocycles. The van der Waals surface area contributed by atoms with Crippen molar-refractivity contribution < 1.29 is 34.4 Å². The third-order valence-corrected chi connectivity index (χ3v) is 5.10. The Labute approximate surface area is 238 Å². The van der Waals surface area contributed by atoms with Gasteiger partial charge in [0.05, 0.1) is 35.6 Å². The number of imidazole rings is 1. The minimum atomic E-state index is -5.29. The van der Waals surface area contributed by atoms with Crippen molar-refractivity contribution in [2.45, 2.75) is 20.0 Å². The topological polar surface area (TPSA) is 97.6 Å². The zero-order chi connectivity index (χ0) is 37.9. The Morgan fingerprint density at radius 3 is 2.79 bits per heavy atom. The summed E-state index contributed by atoms with van der Waals surface area (Å²) in [5.74, 6) is -1.45. The van der Waals surface area contributed by atoms with Crippen LogP contribution in [0.3, 0.4) is 0 Å². The highest BCUT2D eigenvalue weighted by Crippen LogP contribution is 2.33. The summed E-state index contributed by atoms with van der Waals surface area (Å²) in [6.07, 6.45) is -5.62. The summed E-state index contributed by atoms with van der Waals surface area (Å²) in [5, 5.41) is 4.87. The van der Waals surface area contributed by atoms with Crippen molar-refractivity contribution in [3.8, 4) is 16.9 Å². The lowest BCUT2D eigenvalue weighted by molar-refractivity contribution is -0.137. The molecule has 0 radical (unpaired) electrons. The van der Waals surface area contributed by atoms with Crippen molar-refractivity contribution in [1.29, 1.82) is 0 Å². The maximum absolute atomic E-state index is 14.1. The van der Waals surface area contributed by atoms with Crippen LogP contribution in [0.25, 0.3) is 16.9 Å². The van der Waals surface area contributed by atoms with Gasteiger partial charge in [-0.05, 0) is 67.7 Å². The zero-order valence-electron chi connectivity index (χ0n) is 31.7. The van der Waals surface area contributed by atoms with Crippen molar-refractivity contribution in [3.05, 3.63) is 108 Å². The van der Waals surface area contributed by atoms with Crippen LogP contribution >= 0.6 is 0 Å². The molecule has 0 unspecified atom stereocenters. The number of alkyl halides is 3. The minimum absolute atomic E-state index is 0.106. The number of anilines is 3. The van der Waals surface area contributed by atoms with Gasteiger partial charge in [0.1, 0.15) is 0 Å². The van der Waals surface area contributed by atoms with Gasteiger partial charge < -0.3 is 15.2 Å². The Morgan fingerprint density at radius 1 is 1.13 bits per heavy atom. The van der Waals surface area contributed by atoms with Crippen molar-refractivity contribution in [1.82, 2.24) is 24.5 Å². The number of amides is 1. The molecule has 3 aromatic heterocycles. The van der Waals surface area contributed by atoms with Crippen molar-refractivity contribution in [3.63, 3.8) is 0 Å². The van der Waals surface area contributed by atoms with Gasteiger partial charge in [0.15, 0.2) is 0 Å². The summed E-state index contributed by atoms with van der Waals surface area (Å²) in [7, 11) is 0.